The van der Waals surface area contributed by atoms with E-state index in [-0.39, 0.29) is 0 Å². The predicted octanol–water partition coefficient (Wildman–Crippen LogP) is 2.71. The average Bonchev–Trinajstić information content (AvgIpc) is 2.66. The Kier molecular flexibility index (Phi) is 2.60. The molecule has 3 nitrogen and oxygen atoms in total. The van der Waals surface area contributed by atoms with Gasteiger partial charge in [0, 0.05) is 16.6 Å². The van der Waals surface area contributed by atoms with E-state index in [9.17, 15) is 0 Å². The minimum absolute atomic E-state index is 0.648. The number of nitrogen functional groups attached to an aromatic ring is 1. The van der Waals surface area contributed by atoms with E-state index in [4.69, 9.17) is 10.5 Å². The lowest BCUT2D eigenvalue weighted by Crippen LogP contribution is -1.92. The summed E-state index contributed by atoms with van der Waals surface area (Å²) in [4.78, 5) is 4.41. The summed E-state index contributed by atoms with van der Waals surface area (Å²) in [6.07, 6.45) is 0. The second-order valence-corrected chi connectivity index (χ2v) is 4.11. The van der Waals surface area contributed by atoms with Crippen molar-refractivity contribution in [1.29, 1.82) is 0 Å². The molecule has 0 amide bonds. The monoisotopic (exact) mass is 220 g/mol. The quantitative estimate of drug-likeness (QED) is 0.791. The number of methoxy groups -OCH3 is 1. The third-order valence-corrected chi connectivity index (χ3v) is 3.11. The number of hydrogen-bond acceptors (Lipinski definition) is 4. The highest BCUT2D eigenvalue weighted by Crippen LogP contribution is 2.30. The van der Waals surface area contributed by atoms with Gasteiger partial charge in [0.15, 0.2) is 0 Å². The molecule has 0 saturated heterocycles. The van der Waals surface area contributed by atoms with Gasteiger partial charge in [-0.3, -0.25) is 0 Å². The molecule has 1 aromatic heterocycles. The molecule has 1 aromatic carbocycles. The van der Waals surface area contributed by atoms with E-state index in [0.717, 1.165) is 16.3 Å². The van der Waals surface area contributed by atoms with E-state index in [0.29, 0.717) is 11.4 Å². The zero-order valence-electron chi connectivity index (χ0n) is 8.65. The van der Waals surface area contributed by atoms with Crippen LogP contribution in [0.25, 0.3) is 10.6 Å². The maximum absolute atomic E-state index is 5.74. The van der Waals surface area contributed by atoms with E-state index in [1.54, 1.807) is 18.4 Å². The molecule has 2 N–H and O–H groups in total. The van der Waals surface area contributed by atoms with Gasteiger partial charge in [0.1, 0.15) is 10.8 Å². The van der Waals surface area contributed by atoms with E-state index < -0.39 is 0 Å². The highest BCUT2D eigenvalue weighted by atomic mass is 32.1. The summed E-state index contributed by atoms with van der Waals surface area (Å²) in [6.45, 7) is 1.98. The number of nitrogens with two attached hydrogens (primary N) is 1. The van der Waals surface area contributed by atoms with Crippen LogP contribution >= 0.6 is 11.3 Å². The van der Waals surface area contributed by atoms with Crippen LogP contribution in [-0.2, 0) is 0 Å². The first-order valence-corrected chi connectivity index (χ1v) is 5.44. The molecule has 15 heavy (non-hydrogen) atoms. The molecule has 0 atom stereocenters. The molecule has 0 fully saturated rings. The SMILES string of the molecule is COc1cc(-c2nc(C)cs2)ccc1N. The summed E-state index contributed by atoms with van der Waals surface area (Å²) in [5, 5.41) is 3.02. The fourth-order valence-electron chi connectivity index (χ4n) is 1.33. The summed E-state index contributed by atoms with van der Waals surface area (Å²) in [5.41, 5.74) is 8.46. The van der Waals surface area contributed by atoms with Gasteiger partial charge >= 0.3 is 0 Å². The lowest BCUT2D eigenvalue weighted by atomic mass is 10.2. The zero-order chi connectivity index (χ0) is 10.8. The number of rotatable bonds is 2. The molecule has 0 unspecified atom stereocenters. The van der Waals surface area contributed by atoms with Crippen molar-refractivity contribution in [3.05, 3.63) is 29.3 Å². The number of aryl methyl sites for hydroxylation is 1. The van der Waals surface area contributed by atoms with Crippen molar-refractivity contribution in [1.82, 2.24) is 4.98 Å². The predicted molar refractivity (Wildman–Crippen MR) is 63.3 cm³/mol. The molecule has 0 aliphatic rings. The summed E-state index contributed by atoms with van der Waals surface area (Å²) in [7, 11) is 1.61. The second kappa shape index (κ2) is 3.90. The molecular formula is C11H12N2OS. The van der Waals surface area contributed by atoms with Gasteiger partial charge in [0.2, 0.25) is 0 Å². The lowest BCUT2D eigenvalue weighted by Gasteiger charge is -2.05. The van der Waals surface area contributed by atoms with Crippen LogP contribution in [0.15, 0.2) is 23.6 Å². The van der Waals surface area contributed by atoms with Crippen LogP contribution in [0.4, 0.5) is 5.69 Å². The number of hydrogen-bond donors (Lipinski definition) is 1. The van der Waals surface area contributed by atoms with Crippen LogP contribution in [0.1, 0.15) is 5.69 Å². The molecule has 0 radical (unpaired) electrons. The Bertz CT molecular complexity index is 479. The minimum atomic E-state index is 0.648. The van der Waals surface area contributed by atoms with E-state index in [1.165, 1.54) is 0 Å². The molecule has 0 spiro atoms. The van der Waals surface area contributed by atoms with Crippen LogP contribution in [0.3, 0.4) is 0 Å². The van der Waals surface area contributed by atoms with Crippen LogP contribution in [0, 0.1) is 6.92 Å². The highest BCUT2D eigenvalue weighted by molar-refractivity contribution is 7.13. The summed E-state index contributed by atoms with van der Waals surface area (Å²) in [5.74, 6) is 0.695. The Morgan fingerprint density at radius 2 is 2.20 bits per heavy atom. The summed E-state index contributed by atoms with van der Waals surface area (Å²) < 4.78 is 5.17. The van der Waals surface area contributed by atoms with Gasteiger partial charge in [-0.2, -0.15) is 0 Å². The molecular weight excluding hydrogens is 208 g/mol. The molecule has 0 bridgehead atoms. The molecule has 78 valence electrons. The van der Waals surface area contributed by atoms with Gasteiger partial charge in [-0.05, 0) is 25.1 Å². The van der Waals surface area contributed by atoms with E-state index >= 15 is 0 Å². The maximum atomic E-state index is 5.74. The maximum Gasteiger partial charge on any atom is 0.142 e. The van der Waals surface area contributed by atoms with Crippen LogP contribution < -0.4 is 10.5 Å². The third kappa shape index (κ3) is 1.94. The van der Waals surface area contributed by atoms with Gasteiger partial charge < -0.3 is 10.5 Å². The molecule has 2 aromatic rings. The number of thiazole rings is 1. The molecule has 1 heterocycles. The Balaban J connectivity index is 2.45. The van der Waals surface area contributed by atoms with Crippen molar-refractivity contribution in [2.45, 2.75) is 6.92 Å². The lowest BCUT2D eigenvalue weighted by molar-refractivity contribution is 0.417. The number of benzene rings is 1. The Labute approximate surface area is 92.5 Å². The molecule has 4 heteroatoms. The third-order valence-electron chi connectivity index (χ3n) is 2.10. The normalized spacial score (nSPS) is 10.3. The van der Waals surface area contributed by atoms with Crippen LogP contribution in [-0.4, -0.2) is 12.1 Å². The topological polar surface area (TPSA) is 48.1 Å². The average molecular weight is 220 g/mol. The largest absolute Gasteiger partial charge is 0.495 e. The van der Waals surface area contributed by atoms with Crippen molar-refractivity contribution >= 4 is 17.0 Å². The fraction of sp³-hybridized carbons (Fsp3) is 0.182. The van der Waals surface area contributed by atoms with Crippen molar-refractivity contribution in [2.75, 3.05) is 12.8 Å². The van der Waals surface area contributed by atoms with Crippen molar-refractivity contribution < 1.29 is 4.74 Å². The Morgan fingerprint density at radius 1 is 1.40 bits per heavy atom. The highest BCUT2D eigenvalue weighted by Gasteiger charge is 2.05. The number of aromatic nitrogens is 1. The zero-order valence-corrected chi connectivity index (χ0v) is 9.47. The molecule has 0 saturated carbocycles. The van der Waals surface area contributed by atoms with Gasteiger partial charge in [-0.1, -0.05) is 0 Å². The smallest absolute Gasteiger partial charge is 0.142 e. The van der Waals surface area contributed by atoms with Crippen LogP contribution in [0.2, 0.25) is 0 Å². The first-order chi connectivity index (χ1) is 7.20. The van der Waals surface area contributed by atoms with Crippen molar-refractivity contribution in [2.24, 2.45) is 0 Å². The minimum Gasteiger partial charge on any atom is -0.495 e. The van der Waals surface area contributed by atoms with E-state index in [1.807, 2.05) is 30.5 Å². The van der Waals surface area contributed by atoms with Crippen LogP contribution in [0.5, 0.6) is 5.75 Å². The first-order valence-electron chi connectivity index (χ1n) is 4.56. The Hall–Kier alpha value is -1.55. The summed E-state index contributed by atoms with van der Waals surface area (Å²) in [6, 6.07) is 5.70. The fourth-order valence-corrected chi connectivity index (χ4v) is 2.13. The molecule has 2 rings (SSSR count). The standard InChI is InChI=1S/C11H12N2OS/c1-7-6-15-11(13-7)8-3-4-9(12)10(5-8)14-2/h3-6H,12H2,1-2H3. The number of ether oxygens (including phenoxy) is 1. The first kappa shape index (κ1) is 9.98. The second-order valence-electron chi connectivity index (χ2n) is 3.25. The van der Waals surface area contributed by atoms with Gasteiger partial charge in [0.25, 0.3) is 0 Å². The Morgan fingerprint density at radius 3 is 2.80 bits per heavy atom. The van der Waals surface area contributed by atoms with Gasteiger partial charge in [0.05, 0.1) is 12.8 Å². The van der Waals surface area contributed by atoms with Crippen molar-refractivity contribution in [3.8, 4) is 16.3 Å². The van der Waals surface area contributed by atoms with E-state index in [2.05, 4.69) is 4.98 Å². The summed E-state index contributed by atoms with van der Waals surface area (Å²) >= 11 is 1.62. The number of nitrogens with zero attached hydrogens (tertiary/aromatic N) is 1. The van der Waals surface area contributed by atoms with Gasteiger partial charge in [-0.15, -0.1) is 11.3 Å². The number of anilines is 1. The van der Waals surface area contributed by atoms with Crippen molar-refractivity contribution in [3.63, 3.8) is 0 Å². The van der Waals surface area contributed by atoms with Gasteiger partial charge in [-0.25, -0.2) is 4.98 Å². The molecule has 0 aliphatic heterocycles. The molecule has 0 aliphatic carbocycles.